The zero-order chi connectivity index (χ0) is 15.0. The summed E-state index contributed by atoms with van der Waals surface area (Å²) in [5.74, 6) is 1.20. The molecule has 0 saturated heterocycles. The van der Waals surface area contributed by atoms with Crippen LogP contribution >= 0.6 is 23.2 Å². The maximum absolute atomic E-state index is 6.09. The Morgan fingerprint density at radius 1 is 1.05 bits per heavy atom. The van der Waals surface area contributed by atoms with Gasteiger partial charge >= 0.3 is 0 Å². The summed E-state index contributed by atoms with van der Waals surface area (Å²) in [5.41, 5.74) is 0.820. The van der Waals surface area contributed by atoms with Gasteiger partial charge < -0.3 is 9.80 Å². The highest BCUT2D eigenvalue weighted by Crippen LogP contribution is 2.25. The van der Waals surface area contributed by atoms with E-state index < -0.39 is 0 Å². The number of aromatic nitrogens is 2. The van der Waals surface area contributed by atoms with Gasteiger partial charge in [-0.05, 0) is 33.0 Å². The zero-order valence-corrected chi connectivity index (χ0v) is 14.1. The third-order valence-electron chi connectivity index (χ3n) is 3.48. The Kier molecular flexibility index (Phi) is 8.19. The molecule has 0 saturated carbocycles. The van der Waals surface area contributed by atoms with Crippen LogP contribution in [0, 0.1) is 0 Å². The third kappa shape index (κ3) is 4.76. The molecule has 0 radical (unpaired) electrons. The fourth-order valence-electron chi connectivity index (χ4n) is 2.21. The lowest BCUT2D eigenvalue weighted by Crippen LogP contribution is -2.31. The molecular formula is C14H24Cl2N4. The minimum atomic E-state index is 0.335. The Hall–Kier alpha value is -0.580. The van der Waals surface area contributed by atoms with Gasteiger partial charge in [0.2, 0.25) is 0 Å². The lowest BCUT2D eigenvalue weighted by atomic mass is 10.3. The summed E-state index contributed by atoms with van der Waals surface area (Å²) in [6, 6.07) is 0. The molecule has 0 N–H and O–H groups in total. The lowest BCUT2D eigenvalue weighted by molar-refractivity contribution is 0.300. The van der Waals surface area contributed by atoms with Gasteiger partial charge in [-0.1, -0.05) is 25.4 Å². The first kappa shape index (κ1) is 17.5. The van der Waals surface area contributed by atoms with Crippen molar-refractivity contribution < 1.29 is 0 Å². The maximum atomic E-state index is 6.09. The monoisotopic (exact) mass is 318 g/mol. The summed E-state index contributed by atoms with van der Waals surface area (Å²) >= 11 is 12.1. The Balaban J connectivity index is 2.69. The molecule has 0 aliphatic heterocycles. The molecule has 0 aromatic carbocycles. The molecule has 0 aliphatic rings. The molecule has 20 heavy (non-hydrogen) atoms. The van der Waals surface area contributed by atoms with Gasteiger partial charge in [0.15, 0.2) is 0 Å². The van der Waals surface area contributed by atoms with Gasteiger partial charge in [0.1, 0.15) is 17.3 Å². The number of nitrogens with zero attached hydrogens (tertiary/aromatic N) is 4. The highest BCUT2D eigenvalue weighted by atomic mass is 35.5. The predicted octanol–water partition coefficient (Wildman–Crippen LogP) is 3.43. The highest BCUT2D eigenvalue weighted by molar-refractivity contribution is 6.31. The van der Waals surface area contributed by atoms with Crippen molar-refractivity contribution >= 4 is 29.0 Å². The molecule has 1 aromatic rings. The fourth-order valence-corrected chi connectivity index (χ4v) is 2.72. The molecule has 0 unspecified atom stereocenters. The van der Waals surface area contributed by atoms with Crippen molar-refractivity contribution in [3.05, 3.63) is 17.0 Å². The standard InChI is InChI=1S/C14H24Cl2N4/c1-4-19(5-2)8-7-9-20(6-3)14-12(10-15)13(16)17-11-18-14/h11H,4-10H2,1-3H3. The molecule has 0 amide bonds. The molecule has 0 bridgehead atoms. The summed E-state index contributed by atoms with van der Waals surface area (Å²) in [7, 11) is 0. The van der Waals surface area contributed by atoms with Gasteiger partial charge in [0.05, 0.1) is 5.88 Å². The van der Waals surface area contributed by atoms with E-state index in [1.165, 1.54) is 6.33 Å². The second-order valence-corrected chi connectivity index (χ2v) is 5.19. The molecular weight excluding hydrogens is 295 g/mol. The first-order chi connectivity index (χ1) is 9.67. The SMILES string of the molecule is CCN(CC)CCCN(CC)c1ncnc(Cl)c1CCl. The number of anilines is 1. The molecule has 0 fully saturated rings. The van der Waals surface area contributed by atoms with Crippen molar-refractivity contribution in [1.29, 1.82) is 0 Å². The Labute approximate surface area is 132 Å². The summed E-state index contributed by atoms with van der Waals surface area (Å²) in [5, 5.41) is 0.451. The molecule has 6 heteroatoms. The predicted molar refractivity (Wildman–Crippen MR) is 86.9 cm³/mol. The van der Waals surface area contributed by atoms with E-state index >= 15 is 0 Å². The number of hydrogen-bond donors (Lipinski definition) is 0. The van der Waals surface area contributed by atoms with Crippen LogP contribution in [0.2, 0.25) is 5.15 Å². The Bertz CT molecular complexity index is 397. The normalized spacial score (nSPS) is 11.1. The highest BCUT2D eigenvalue weighted by Gasteiger charge is 2.14. The van der Waals surface area contributed by atoms with Crippen molar-refractivity contribution in [2.45, 2.75) is 33.1 Å². The van der Waals surface area contributed by atoms with Crippen LogP contribution in [0.3, 0.4) is 0 Å². The van der Waals surface area contributed by atoms with Crippen LogP contribution in [0.5, 0.6) is 0 Å². The lowest BCUT2D eigenvalue weighted by Gasteiger charge is -2.25. The minimum Gasteiger partial charge on any atom is -0.356 e. The smallest absolute Gasteiger partial charge is 0.138 e. The zero-order valence-electron chi connectivity index (χ0n) is 12.6. The fraction of sp³-hybridized carbons (Fsp3) is 0.714. The molecule has 1 aromatic heterocycles. The summed E-state index contributed by atoms with van der Waals surface area (Å²) < 4.78 is 0. The second kappa shape index (κ2) is 9.37. The van der Waals surface area contributed by atoms with Crippen molar-refractivity contribution in [3.8, 4) is 0 Å². The van der Waals surface area contributed by atoms with Crippen LogP contribution in [-0.2, 0) is 5.88 Å². The van der Waals surface area contributed by atoms with E-state index in [0.717, 1.165) is 50.5 Å². The number of hydrogen-bond acceptors (Lipinski definition) is 4. The minimum absolute atomic E-state index is 0.335. The van der Waals surface area contributed by atoms with Gasteiger partial charge in [-0.2, -0.15) is 0 Å². The maximum Gasteiger partial charge on any atom is 0.138 e. The summed E-state index contributed by atoms with van der Waals surface area (Å²) in [6.45, 7) is 11.6. The van der Waals surface area contributed by atoms with E-state index in [1.54, 1.807) is 0 Å². The van der Waals surface area contributed by atoms with Gasteiger partial charge in [-0.25, -0.2) is 9.97 Å². The van der Waals surface area contributed by atoms with Crippen molar-refractivity contribution in [2.75, 3.05) is 37.6 Å². The number of rotatable bonds is 9. The van der Waals surface area contributed by atoms with Crippen LogP contribution in [0.1, 0.15) is 32.8 Å². The molecule has 0 spiro atoms. The Morgan fingerprint density at radius 2 is 1.75 bits per heavy atom. The quantitative estimate of drug-likeness (QED) is 0.516. The van der Waals surface area contributed by atoms with E-state index in [9.17, 15) is 0 Å². The van der Waals surface area contributed by atoms with Crippen molar-refractivity contribution in [1.82, 2.24) is 14.9 Å². The molecule has 4 nitrogen and oxygen atoms in total. The van der Waals surface area contributed by atoms with Gasteiger partial charge in [-0.3, -0.25) is 0 Å². The third-order valence-corrected chi connectivity index (χ3v) is 4.07. The average molecular weight is 319 g/mol. The Morgan fingerprint density at radius 3 is 2.30 bits per heavy atom. The van der Waals surface area contributed by atoms with Crippen molar-refractivity contribution in [3.63, 3.8) is 0 Å². The van der Waals surface area contributed by atoms with Crippen LogP contribution < -0.4 is 4.90 Å². The van der Waals surface area contributed by atoms with Crippen LogP contribution in [0.4, 0.5) is 5.82 Å². The van der Waals surface area contributed by atoms with E-state index in [1.807, 2.05) is 0 Å². The largest absolute Gasteiger partial charge is 0.356 e. The molecule has 0 aliphatic carbocycles. The van der Waals surface area contributed by atoms with E-state index in [2.05, 4.69) is 40.5 Å². The molecule has 1 heterocycles. The first-order valence-corrected chi connectivity index (χ1v) is 8.11. The topological polar surface area (TPSA) is 32.3 Å². The average Bonchev–Trinajstić information content (AvgIpc) is 2.47. The van der Waals surface area contributed by atoms with E-state index in [4.69, 9.17) is 23.2 Å². The van der Waals surface area contributed by atoms with Gasteiger partial charge in [0, 0.05) is 18.7 Å². The molecule has 114 valence electrons. The summed E-state index contributed by atoms with van der Waals surface area (Å²) in [4.78, 5) is 13.0. The van der Waals surface area contributed by atoms with Crippen molar-refractivity contribution in [2.24, 2.45) is 0 Å². The number of alkyl halides is 1. The summed E-state index contributed by atoms with van der Waals surface area (Å²) in [6.07, 6.45) is 2.60. The van der Waals surface area contributed by atoms with E-state index in [-0.39, 0.29) is 0 Å². The molecule has 0 atom stereocenters. The van der Waals surface area contributed by atoms with E-state index in [0.29, 0.717) is 11.0 Å². The van der Waals surface area contributed by atoms with Crippen LogP contribution in [0.25, 0.3) is 0 Å². The van der Waals surface area contributed by atoms with Gasteiger partial charge in [0.25, 0.3) is 0 Å². The van der Waals surface area contributed by atoms with Gasteiger partial charge in [-0.15, -0.1) is 11.6 Å². The first-order valence-electron chi connectivity index (χ1n) is 7.20. The van der Waals surface area contributed by atoms with Crippen LogP contribution in [-0.4, -0.2) is 47.6 Å². The molecule has 1 rings (SSSR count). The number of halogens is 2. The van der Waals surface area contributed by atoms with Crippen LogP contribution in [0.15, 0.2) is 6.33 Å². The second-order valence-electron chi connectivity index (χ2n) is 4.56.